The maximum atomic E-state index is 3.97. The molecule has 0 aliphatic heterocycles. The van der Waals surface area contributed by atoms with Gasteiger partial charge in [0.1, 0.15) is 0 Å². The van der Waals surface area contributed by atoms with E-state index in [-0.39, 0.29) is 5.41 Å². The van der Waals surface area contributed by atoms with Gasteiger partial charge >= 0.3 is 0 Å². The molecule has 0 spiro atoms. The fourth-order valence-electron chi connectivity index (χ4n) is 1.49. The number of rotatable bonds is 6. The molecular weight excluding hydrogens is 282 g/mol. The second-order valence-corrected chi connectivity index (χ2v) is 6.71. The zero-order valence-electron chi connectivity index (χ0n) is 10.2. The van der Waals surface area contributed by atoms with Crippen LogP contribution in [0.3, 0.4) is 0 Å². The Morgan fingerprint density at radius 1 is 1.62 bits per heavy atom. The lowest BCUT2D eigenvalue weighted by Crippen LogP contribution is -2.35. The molecule has 0 bridgehead atoms. The SMILES string of the molecule is C=CC(C)(CNC(C)C)Cc1cc(Br)cs1. The van der Waals surface area contributed by atoms with Gasteiger partial charge in [0.2, 0.25) is 0 Å². The highest BCUT2D eigenvalue weighted by molar-refractivity contribution is 9.10. The molecule has 1 N–H and O–H groups in total. The van der Waals surface area contributed by atoms with Crippen molar-refractivity contribution in [2.75, 3.05) is 6.54 Å². The number of halogens is 1. The summed E-state index contributed by atoms with van der Waals surface area (Å²) in [6, 6.07) is 2.72. The molecule has 1 aromatic rings. The summed E-state index contributed by atoms with van der Waals surface area (Å²) in [5, 5.41) is 5.62. The minimum Gasteiger partial charge on any atom is -0.314 e. The molecule has 0 saturated carbocycles. The number of thiophene rings is 1. The Labute approximate surface area is 111 Å². The van der Waals surface area contributed by atoms with E-state index >= 15 is 0 Å². The first-order valence-corrected chi connectivity index (χ1v) is 7.22. The van der Waals surface area contributed by atoms with Gasteiger partial charge in [-0.25, -0.2) is 0 Å². The molecule has 90 valence electrons. The largest absolute Gasteiger partial charge is 0.314 e. The molecule has 0 aliphatic carbocycles. The van der Waals surface area contributed by atoms with Crippen molar-refractivity contribution in [2.45, 2.75) is 33.2 Å². The van der Waals surface area contributed by atoms with Crippen LogP contribution in [-0.4, -0.2) is 12.6 Å². The highest BCUT2D eigenvalue weighted by Crippen LogP contribution is 2.28. The minimum atomic E-state index is 0.133. The van der Waals surface area contributed by atoms with E-state index in [9.17, 15) is 0 Å². The van der Waals surface area contributed by atoms with E-state index in [4.69, 9.17) is 0 Å². The van der Waals surface area contributed by atoms with Crippen LogP contribution >= 0.6 is 27.3 Å². The third kappa shape index (κ3) is 4.40. The maximum absolute atomic E-state index is 3.97. The highest BCUT2D eigenvalue weighted by Gasteiger charge is 2.21. The van der Waals surface area contributed by atoms with E-state index in [1.807, 2.05) is 0 Å². The Morgan fingerprint density at radius 3 is 2.75 bits per heavy atom. The van der Waals surface area contributed by atoms with Crippen molar-refractivity contribution in [3.8, 4) is 0 Å². The van der Waals surface area contributed by atoms with Crippen LogP contribution in [0.1, 0.15) is 25.6 Å². The molecule has 1 heterocycles. The predicted molar refractivity (Wildman–Crippen MR) is 77.2 cm³/mol. The Hall–Kier alpha value is -0.120. The van der Waals surface area contributed by atoms with Crippen LogP contribution in [0.4, 0.5) is 0 Å². The van der Waals surface area contributed by atoms with Crippen molar-refractivity contribution in [1.82, 2.24) is 5.32 Å². The molecule has 3 heteroatoms. The van der Waals surface area contributed by atoms with Crippen LogP contribution in [0, 0.1) is 5.41 Å². The van der Waals surface area contributed by atoms with E-state index in [2.05, 4.69) is 66.1 Å². The van der Waals surface area contributed by atoms with E-state index < -0.39 is 0 Å². The third-order valence-corrected chi connectivity index (χ3v) is 4.30. The molecular formula is C13H20BrNS. The summed E-state index contributed by atoms with van der Waals surface area (Å²) in [4.78, 5) is 1.40. The second kappa shape index (κ2) is 5.99. The number of hydrogen-bond acceptors (Lipinski definition) is 2. The Bertz CT molecular complexity index is 345. The van der Waals surface area contributed by atoms with Crippen molar-refractivity contribution in [3.05, 3.63) is 33.5 Å². The molecule has 1 nitrogen and oxygen atoms in total. The topological polar surface area (TPSA) is 12.0 Å². The first-order chi connectivity index (χ1) is 7.45. The van der Waals surface area contributed by atoms with Crippen molar-refractivity contribution >= 4 is 27.3 Å². The normalized spacial score (nSPS) is 15.1. The van der Waals surface area contributed by atoms with Gasteiger partial charge in [0.15, 0.2) is 0 Å². The average molecular weight is 302 g/mol. The first-order valence-electron chi connectivity index (χ1n) is 5.55. The molecule has 16 heavy (non-hydrogen) atoms. The first kappa shape index (κ1) is 13.9. The Kier molecular flexibility index (Phi) is 5.22. The van der Waals surface area contributed by atoms with E-state index in [1.54, 1.807) is 11.3 Å². The standard InChI is InChI=1S/C13H20BrNS/c1-5-13(4,9-15-10(2)3)7-12-6-11(14)8-16-12/h5-6,8,10,15H,1,7,9H2,2-4H3. The number of nitrogens with one attached hydrogen (secondary N) is 1. The molecule has 0 saturated heterocycles. The molecule has 1 atom stereocenters. The maximum Gasteiger partial charge on any atom is 0.0285 e. The van der Waals surface area contributed by atoms with Crippen molar-refractivity contribution in [1.29, 1.82) is 0 Å². The van der Waals surface area contributed by atoms with Crippen LogP contribution in [0.2, 0.25) is 0 Å². The molecule has 0 amide bonds. The smallest absolute Gasteiger partial charge is 0.0285 e. The van der Waals surface area contributed by atoms with Crippen LogP contribution in [0.25, 0.3) is 0 Å². The molecule has 0 aromatic carbocycles. The lowest BCUT2D eigenvalue weighted by atomic mass is 9.86. The number of hydrogen-bond donors (Lipinski definition) is 1. The van der Waals surface area contributed by atoms with E-state index in [0.717, 1.165) is 13.0 Å². The molecule has 0 aliphatic rings. The fraction of sp³-hybridized carbons (Fsp3) is 0.538. The lowest BCUT2D eigenvalue weighted by Gasteiger charge is -2.26. The summed E-state index contributed by atoms with van der Waals surface area (Å²) in [7, 11) is 0. The quantitative estimate of drug-likeness (QED) is 0.775. The third-order valence-electron chi connectivity index (χ3n) is 2.61. The van der Waals surface area contributed by atoms with Gasteiger partial charge in [-0.1, -0.05) is 26.8 Å². The van der Waals surface area contributed by atoms with Gasteiger partial charge in [0.05, 0.1) is 0 Å². The zero-order valence-corrected chi connectivity index (χ0v) is 12.6. The summed E-state index contributed by atoms with van der Waals surface area (Å²) < 4.78 is 1.18. The van der Waals surface area contributed by atoms with Crippen molar-refractivity contribution < 1.29 is 0 Å². The lowest BCUT2D eigenvalue weighted by molar-refractivity contribution is 0.376. The van der Waals surface area contributed by atoms with Gasteiger partial charge < -0.3 is 5.32 Å². The fourth-order valence-corrected chi connectivity index (χ4v) is 3.14. The molecule has 1 rings (SSSR count). The molecule has 1 aromatic heterocycles. The highest BCUT2D eigenvalue weighted by atomic mass is 79.9. The summed E-state index contributed by atoms with van der Waals surface area (Å²) in [5.41, 5.74) is 0.133. The second-order valence-electron chi connectivity index (χ2n) is 4.80. The van der Waals surface area contributed by atoms with E-state index in [1.165, 1.54) is 9.35 Å². The van der Waals surface area contributed by atoms with Crippen LogP contribution in [0.5, 0.6) is 0 Å². The average Bonchev–Trinajstić information content (AvgIpc) is 2.61. The summed E-state index contributed by atoms with van der Waals surface area (Å²) in [6.07, 6.45) is 3.11. The molecule has 0 fully saturated rings. The zero-order chi connectivity index (χ0) is 12.2. The summed E-state index contributed by atoms with van der Waals surface area (Å²) in [6.45, 7) is 11.5. The van der Waals surface area contributed by atoms with Crippen LogP contribution in [-0.2, 0) is 6.42 Å². The van der Waals surface area contributed by atoms with Gasteiger partial charge in [-0.2, -0.15) is 0 Å². The van der Waals surface area contributed by atoms with Crippen molar-refractivity contribution in [3.63, 3.8) is 0 Å². The van der Waals surface area contributed by atoms with Gasteiger partial charge in [-0.05, 0) is 28.4 Å². The van der Waals surface area contributed by atoms with Gasteiger partial charge in [-0.3, -0.25) is 0 Å². The predicted octanol–water partition coefficient (Wildman–Crippen LogP) is 4.24. The van der Waals surface area contributed by atoms with Gasteiger partial charge in [0.25, 0.3) is 0 Å². The summed E-state index contributed by atoms with van der Waals surface area (Å²) >= 11 is 5.30. The van der Waals surface area contributed by atoms with Crippen LogP contribution < -0.4 is 5.32 Å². The molecule has 1 unspecified atom stereocenters. The minimum absolute atomic E-state index is 0.133. The Morgan fingerprint density at radius 2 is 2.31 bits per heavy atom. The van der Waals surface area contributed by atoms with Crippen LogP contribution in [0.15, 0.2) is 28.6 Å². The van der Waals surface area contributed by atoms with Crippen molar-refractivity contribution in [2.24, 2.45) is 5.41 Å². The van der Waals surface area contributed by atoms with Gasteiger partial charge in [-0.15, -0.1) is 17.9 Å². The summed E-state index contributed by atoms with van der Waals surface area (Å²) in [5.74, 6) is 0. The van der Waals surface area contributed by atoms with Gasteiger partial charge in [0, 0.05) is 32.7 Å². The molecule has 0 radical (unpaired) electrons. The Balaban J connectivity index is 2.62. The monoisotopic (exact) mass is 301 g/mol. The van der Waals surface area contributed by atoms with E-state index in [0.29, 0.717) is 6.04 Å².